The smallest absolute Gasteiger partial charge is 0.308 e. The van der Waals surface area contributed by atoms with Crippen LogP contribution < -0.4 is 5.32 Å². The maximum Gasteiger partial charge on any atom is 0.308 e. The normalized spacial score (nSPS) is 23.5. The van der Waals surface area contributed by atoms with Gasteiger partial charge in [-0.15, -0.1) is 0 Å². The summed E-state index contributed by atoms with van der Waals surface area (Å²) in [6.07, 6.45) is 9.32. The zero-order chi connectivity index (χ0) is 24.1. The van der Waals surface area contributed by atoms with Gasteiger partial charge in [0.25, 0.3) is 0 Å². The Balaban J connectivity index is 1.50. The molecule has 2 atom stereocenters. The van der Waals surface area contributed by atoms with Crippen LogP contribution in [0.4, 0.5) is 14.6 Å². The maximum atomic E-state index is 15.8. The molecule has 0 saturated heterocycles. The molecule has 0 aliphatic heterocycles. The molecule has 3 N–H and O–H groups in total. The first-order valence-electron chi connectivity index (χ1n) is 11.6. The summed E-state index contributed by atoms with van der Waals surface area (Å²) >= 11 is 0. The van der Waals surface area contributed by atoms with Gasteiger partial charge < -0.3 is 15.4 Å². The lowest BCUT2D eigenvalue weighted by Crippen LogP contribution is -2.51. The molecule has 8 nitrogen and oxygen atoms in total. The molecule has 0 aromatic carbocycles. The number of hydrogen-bond acceptors (Lipinski definition) is 6. The summed E-state index contributed by atoms with van der Waals surface area (Å²) in [6, 6.07) is 4.15. The van der Waals surface area contributed by atoms with Crippen LogP contribution in [0.25, 0.3) is 33.7 Å². The molecule has 4 heterocycles. The predicted octanol–water partition coefficient (Wildman–Crippen LogP) is 4.66. The summed E-state index contributed by atoms with van der Waals surface area (Å²) in [5.74, 6) is -2.39. The van der Waals surface area contributed by atoms with Gasteiger partial charge in [-0.05, 0) is 55.7 Å². The number of nitrogens with one attached hydrogen (secondary N) is 2. The second kappa shape index (κ2) is 8.37. The van der Waals surface area contributed by atoms with Gasteiger partial charge in [0, 0.05) is 41.1 Å². The standard InChI is InChI=1S/C25H22F2N6O2/c26-15-9-16-17(11-30-22(16)29-10-15)23-32-21(14-5-7-28-8-6-14)19(27)24(33-23)31-20-13-3-1-12(2-4-13)18(20)25(34)35/h5-13,18,20H,1-4H2,(H,29,30)(H,34,35)(H,31,32,33)/t12?,13?,18-,20-/m0/s1. The highest BCUT2D eigenvalue weighted by Crippen LogP contribution is 2.46. The molecule has 35 heavy (non-hydrogen) atoms. The number of aromatic nitrogens is 5. The first kappa shape index (κ1) is 21.6. The van der Waals surface area contributed by atoms with Crippen LogP contribution in [0.5, 0.6) is 0 Å². The molecule has 0 unspecified atom stereocenters. The molecule has 2 bridgehead atoms. The van der Waals surface area contributed by atoms with Gasteiger partial charge in [0.05, 0.1) is 12.1 Å². The van der Waals surface area contributed by atoms with Crippen molar-refractivity contribution in [3.05, 3.63) is 54.6 Å². The Morgan fingerprint density at radius 1 is 1.09 bits per heavy atom. The molecule has 3 fully saturated rings. The van der Waals surface area contributed by atoms with E-state index in [1.165, 1.54) is 18.5 Å². The zero-order valence-electron chi connectivity index (χ0n) is 18.6. The molecule has 3 aliphatic carbocycles. The van der Waals surface area contributed by atoms with E-state index in [9.17, 15) is 14.3 Å². The number of nitrogens with zero attached hydrogens (tertiary/aromatic N) is 4. The maximum absolute atomic E-state index is 15.8. The number of rotatable bonds is 5. The fourth-order valence-electron chi connectivity index (χ4n) is 5.70. The van der Waals surface area contributed by atoms with Gasteiger partial charge in [-0.3, -0.25) is 9.78 Å². The second-order valence-electron chi connectivity index (χ2n) is 9.26. The molecule has 0 radical (unpaired) electrons. The average Bonchev–Trinajstić information content (AvgIpc) is 3.29. The Hall–Kier alpha value is -3.95. The third-order valence-corrected chi connectivity index (χ3v) is 7.35. The van der Waals surface area contributed by atoms with E-state index in [1.807, 2.05) is 0 Å². The van der Waals surface area contributed by atoms with Crippen molar-refractivity contribution in [3.63, 3.8) is 0 Å². The van der Waals surface area contributed by atoms with Gasteiger partial charge in [0.2, 0.25) is 0 Å². The number of aliphatic carboxylic acids is 1. The quantitative estimate of drug-likeness (QED) is 0.383. The van der Waals surface area contributed by atoms with Crippen LogP contribution in [0.3, 0.4) is 0 Å². The molecule has 0 spiro atoms. The summed E-state index contributed by atoms with van der Waals surface area (Å²) in [5, 5.41) is 13.6. The number of aromatic amines is 1. The van der Waals surface area contributed by atoms with Crippen LogP contribution in [0.15, 0.2) is 43.0 Å². The van der Waals surface area contributed by atoms with Crippen LogP contribution in [0.2, 0.25) is 0 Å². The van der Waals surface area contributed by atoms with E-state index in [0.717, 1.165) is 31.9 Å². The molecular formula is C25H22F2N6O2. The van der Waals surface area contributed by atoms with Crippen LogP contribution in [-0.4, -0.2) is 42.0 Å². The number of anilines is 1. The Morgan fingerprint density at radius 3 is 2.57 bits per heavy atom. The average molecular weight is 476 g/mol. The summed E-state index contributed by atoms with van der Waals surface area (Å²) in [7, 11) is 0. The van der Waals surface area contributed by atoms with Gasteiger partial charge >= 0.3 is 5.97 Å². The van der Waals surface area contributed by atoms with Crippen molar-refractivity contribution in [1.82, 2.24) is 24.9 Å². The molecule has 10 heteroatoms. The van der Waals surface area contributed by atoms with Crippen molar-refractivity contribution in [2.75, 3.05) is 5.32 Å². The van der Waals surface area contributed by atoms with E-state index < -0.39 is 29.6 Å². The van der Waals surface area contributed by atoms with Gasteiger partial charge in [0.15, 0.2) is 17.5 Å². The molecular weight excluding hydrogens is 454 g/mol. The van der Waals surface area contributed by atoms with E-state index in [2.05, 4.69) is 30.2 Å². The fraction of sp³-hybridized carbons (Fsp3) is 0.320. The number of fused-ring (bicyclic) bond motifs is 4. The molecule has 0 amide bonds. The van der Waals surface area contributed by atoms with Gasteiger partial charge in [-0.2, -0.15) is 0 Å². The van der Waals surface area contributed by atoms with Crippen molar-refractivity contribution in [1.29, 1.82) is 0 Å². The SMILES string of the molecule is O=C(O)[C@H]1C2CCC(CC2)[C@@H]1Nc1nc(-c2c[nH]c3ncc(F)cc23)nc(-c2ccncc2)c1F. The van der Waals surface area contributed by atoms with E-state index in [1.54, 1.807) is 18.3 Å². The lowest BCUT2D eigenvalue weighted by atomic mass is 9.61. The lowest BCUT2D eigenvalue weighted by molar-refractivity contribution is -0.148. The number of halogens is 2. The minimum atomic E-state index is -0.876. The van der Waals surface area contributed by atoms with Gasteiger partial charge in [-0.1, -0.05) is 0 Å². The number of carboxylic acid groups (broad SMARTS) is 1. The highest BCUT2D eigenvalue weighted by Gasteiger charge is 2.47. The Morgan fingerprint density at radius 2 is 1.83 bits per heavy atom. The summed E-state index contributed by atoms with van der Waals surface area (Å²) < 4.78 is 29.8. The summed E-state index contributed by atoms with van der Waals surface area (Å²) in [5.41, 5.74) is 1.45. The first-order valence-corrected chi connectivity index (χ1v) is 11.6. The highest BCUT2D eigenvalue weighted by atomic mass is 19.1. The Labute approximate surface area is 198 Å². The minimum absolute atomic E-state index is 0.0476. The van der Waals surface area contributed by atoms with Crippen LogP contribution in [0.1, 0.15) is 25.7 Å². The van der Waals surface area contributed by atoms with E-state index in [4.69, 9.17) is 0 Å². The van der Waals surface area contributed by atoms with E-state index in [-0.39, 0.29) is 29.2 Å². The van der Waals surface area contributed by atoms with Gasteiger partial charge in [0.1, 0.15) is 17.2 Å². The number of H-pyrrole nitrogens is 1. The van der Waals surface area contributed by atoms with Crippen molar-refractivity contribution >= 4 is 22.8 Å². The number of hydrogen-bond donors (Lipinski definition) is 3. The Bertz CT molecular complexity index is 1420. The first-order chi connectivity index (χ1) is 17.0. The van der Waals surface area contributed by atoms with E-state index in [0.29, 0.717) is 22.2 Å². The topological polar surface area (TPSA) is 117 Å². The molecule has 7 rings (SSSR count). The van der Waals surface area contributed by atoms with Gasteiger partial charge in [-0.25, -0.2) is 23.7 Å². The summed E-state index contributed by atoms with van der Waals surface area (Å²) in [6.45, 7) is 0. The van der Waals surface area contributed by atoms with Crippen molar-refractivity contribution in [2.24, 2.45) is 17.8 Å². The monoisotopic (exact) mass is 476 g/mol. The molecule has 4 aromatic rings. The van der Waals surface area contributed by atoms with E-state index >= 15 is 4.39 Å². The number of carboxylic acids is 1. The molecule has 3 saturated carbocycles. The number of pyridine rings is 2. The third-order valence-electron chi connectivity index (χ3n) is 7.35. The second-order valence-corrected chi connectivity index (χ2v) is 9.26. The largest absolute Gasteiger partial charge is 0.481 e. The lowest BCUT2D eigenvalue weighted by Gasteiger charge is -2.47. The minimum Gasteiger partial charge on any atom is -0.481 e. The fourth-order valence-corrected chi connectivity index (χ4v) is 5.70. The summed E-state index contributed by atoms with van der Waals surface area (Å²) in [4.78, 5) is 32.1. The van der Waals surface area contributed by atoms with Crippen molar-refractivity contribution in [2.45, 2.75) is 31.7 Å². The third kappa shape index (κ3) is 3.69. The predicted molar refractivity (Wildman–Crippen MR) is 124 cm³/mol. The Kier molecular flexibility index (Phi) is 5.16. The van der Waals surface area contributed by atoms with Crippen LogP contribution in [0, 0.1) is 29.4 Å². The van der Waals surface area contributed by atoms with Crippen molar-refractivity contribution < 1.29 is 18.7 Å². The van der Waals surface area contributed by atoms with Crippen LogP contribution in [-0.2, 0) is 4.79 Å². The highest BCUT2D eigenvalue weighted by molar-refractivity contribution is 5.92. The zero-order valence-corrected chi connectivity index (χ0v) is 18.6. The van der Waals surface area contributed by atoms with Crippen molar-refractivity contribution in [3.8, 4) is 22.6 Å². The molecule has 178 valence electrons. The molecule has 4 aromatic heterocycles. The number of carbonyl (C=O) groups is 1. The van der Waals surface area contributed by atoms with Crippen LogP contribution >= 0.6 is 0 Å². The molecule has 3 aliphatic rings.